The maximum Gasteiger partial charge on any atom is 0.232 e. The van der Waals surface area contributed by atoms with Crippen molar-refractivity contribution in [3.8, 4) is 23.4 Å². The predicted molar refractivity (Wildman–Crippen MR) is 97.4 cm³/mol. The number of nitrogens with two attached hydrogens (primary N) is 3. The highest BCUT2D eigenvalue weighted by atomic mass is 79.9. The Balaban J connectivity index is 2.30. The standard InChI is InChI=1S/C16H15BrN6O3/c1-24-9-4-6(3-8(17)12(9)25-2)10-7(5-18)14(20)26-15-11(10)13(19)22-16(21)23-15/h3-4,10H,20H2,1-2H3,(H4,19,21,22,23). The molecule has 1 aromatic carbocycles. The van der Waals surface area contributed by atoms with Crippen LogP contribution in [-0.2, 0) is 0 Å². The molecule has 0 saturated heterocycles. The molecule has 9 nitrogen and oxygen atoms in total. The lowest BCUT2D eigenvalue weighted by Crippen LogP contribution is -2.24. The van der Waals surface area contributed by atoms with Crippen LogP contribution in [0.25, 0.3) is 0 Å². The van der Waals surface area contributed by atoms with Gasteiger partial charge in [0.2, 0.25) is 17.7 Å². The number of halogens is 1. The number of fused-ring (bicyclic) bond motifs is 1. The first-order chi connectivity index (χ1) is 12.4. The van der Waals surface area contributed by atoms with E-state index in [1.165, 1.54) is 14.2 Å². The molecule has 0 aliphatic carbocycles. The molecule has 6 N–H and O–H groups in total. The van der Waals surface area contributed by atoms with E-state index in [1.54, 1.807) is 12.1 Å². The van der Waals surface area contributed by atoms with Gasteiger partial charge in [0.25, 0.3) is 0 Å². The fraction of sp³-hybridized carbons (Fsp3) is 0.188. The quantitative estimate of drug-likeness (QED) is 0.673. The van der Waals surface area contributed by atoms with Crippen molar-refractivity contribution >= 4 is 27.7 Å². The SMILES string of the molecule is COc1cc(C2C(C#N)=C(N)Oc3nc(N)nc(N)c32)cc(Br)c1OC. The summed E-state index contributed by atoms with van der Waals surface area (Å²) in [5.41, 5.74) is 18.9. The number of nitrogen functional groups attached to an aromatic ring is 2. The normalized spacial score (nSPS) is 15.7. The zero-order valence-electron chi connectivity index (χ0n) is 13.9. The summed E-state index contributed by atoms with van der Waals surface area (Å²) >= 11 is 3.44. The Hall–Kier alpha value is -3.19. The van der Waals surface area contributed by atoms with Gasteiger partial charge in [-0.3, -0.25) is 0 Å². The van der Waals surface area contributed by atoms with E-state index < -0.39 is 5.92 Å². The Morgan fingerprint density at radius 3 is 2.54 bits per heavy atom. The molecule has 2 aromatic rings. The van der Waals surface area contributed by atoms with Crippen molar-refractivity contribution in [3.05, 3.63) is 39.2 Å². The van der Waals surface area contributed by atoms with E-state index in [0.717, 1.165) is 0 Å². The fourth-order valence-electron chi connectivity index (χ4n) is 2.83. The first kappa shape index (κ1) is 17.6. The third kappa shape index (κ3) is 2.72. The lowest BCUT2D eigenvalue weighted by Gasteiger charge is -2.27. The maximum atomic E-state index is 9.62. The van der Waals surface area contributed by atoms with Crippen molar-refractivity contribution < 1.29 is 14.2 Å². The van der Waals surface area contributed by atoms with Gasteiger partial charge in [-0.1, -0.05) is 0 Å². The molecule has 1 aliphatic rings. The third-order valence-corrected chi connectivity index (χ3v) is 4.51. The molecule has 1 unspecified atom stereocenters. The molecule has 1 aromatic heterocycles. The van der Waals surface area contributed by atoms with Gasteiger partial charge in [0.15, 0.2) is 11.5 Å². The van der Waals surface area contributed by atoms with Crippen LogP contribution in [0, 0.1) is 11.3 Å². The molecule has 134 valence electrons. The highest BCUT2D eigenvalue weighted by Crippen LogP contribution is 2.47. The van der Waals surface area contributed by atoms with Crippen LogP contribution in [0.5, 0.6) is 17.4 Å². The summed E-state index contributed by atoms with van der Waals surface area (Å²) in [4.78, 5) is 8.02. The van der Waals surface area contributed by atoms with E-state index in [1.807, 2.05) is 0 Å². The molecule has 0 radical (unpaired) electrons. The highest BCUT2D eigenvalue weighted by Gasteiger charge is 2.35. The fourth-order valence-corrected chi connectivity index (χ4v) is 3.46. The second kappa shape index (κ2) is 6.61. The number of hydrogen-bond acceptors (Lipinski definition) is 9. The lowest BCUT2D eigenvalue weighted by atomic mass is 9.84. The van der Waals surface area contributed by atoms with E-state index in [4.69, 9.17) is 31.4 Å². The van der Waals surface area contributed by atoms with Gasteiger partial charge in [0, 0.05) is 0 Å². The number of rotatable bonds is 3. The Bertz CT molecular complexity index is 969. The maximum absolute atomic E-state index is 9.62. The van der Waals surface area contributed by atoms with Crippen molar-refractivity contribution in [2.24, 2.45) is 5.73 Å². The van der Waals surface area contributed by atoms with Crippen LogP contribution in [0.15, 0.2) is 28.1 Å². The molecule has 1 atom stereocenters. The van der Waals surface area contributed by atoms with Crippen molar-refractivity contribution in [2.45, 2.75) is 5.92 Å². The molecule has 2 heterocycles. The Kier molecular flexibility index (Phi) is 4.48. The number of benzene rings is 1. The van der Waals surface area contributed by atoms with Crippen LogP contribution in [0.1, 0.15) is 17.0 Å². The summed E-state index contributed by atoms with van der Waals surface area (Å²) in [6, 6.07) is 5.58. The molecule has 10 heteroatoms. The second-order valence-electron chi connectivity index (χ2n) is 5.35. The Morgan fingerprint density at radius 2 is 1.92 bits per heavy atom. The molecule has 1 aliphatic heterocycles. The second-order valence-corrected chi connectivity index (χ2v) is 6.20. The minimum Gasteiger partial charge on any atom is -0.493 e. The van der Waals surface area contributed by atoms with Gasteiger partial charge >= 0.3 is 0 Å². The van der Waals surface area contributed by atoms with E-state index >= 15 is 0 Å². The summed E-state index contributed by atoms with van der Waals surface area (Å²) in [7, 11) is 3.04. The zero-order chi connectivity index (χ0) is 19.0. The molecular formula is C16H15BrN6O3. The van der Waals surface area contributed by atoms with Gasteiger partial charge in [0.1, 0.15) is 17.5 Å². The smallest absolute Gasteiger partial charge is 0.232 e. The zero-order valence-corrected chi connectivity index (χ0v) is 15.5. The van der Waals surface area contributed by atoms with Gasteiger partial charge in [-0.15, -0.1) is 0 Å². The summed E-state index contributed by atoms with van der Waals surface area (Å²) in [5, 5.41) is 9.62. The molecule has 0 saturated carbocycles. The number of methoxy groups -OCH3 is 2. The van der Waals surface area contributed by atoms with Crippen molar-refractivity contribution in [1.29, 1.82) is 5.26 Å². The van der Waals surface area contributed by atoms with Crippen LogP contribution >= 0.6 is 15.9 Å². The molecule has 0 amide bonds. The largest absolute Gasteiger partial charge is 0.493 e. The minimum absolute atomic E-state index is 0.0540. The van der Waals surface area contributed by atoms with Crippen LogP contribution in [-0.4, -0.2) is 24.2 Å². The first-order valence-electron chi connectivity index (χ1n) is 7.33. The molecule has 0 fully saturated rings. The van der Waals surface area contributed by atoms with Crippen LogP contribution in [0.2, 0.25) is 0 Å². The highest BCUT2D eigenvalue weighted by molar-refractivity contribution is 9.10. The van der Waals surface area contributed by atoms with Gasteiger partial charge < -0.3 is 31.4 Å². The van der Waals surface area contributed by atoms with Crippen LogP contribution in [0.3, 0.4) is 0 Å². The third-order valence-electron chi connectivity index (χ3n) is 3.92. The van der Waals surface area contributed by atoms with Crippen LogP contribution < -0.4 is 31.4 Å². The van der Waals surface area contributed by atoms with Gasteiger partial charge in [-0.2, -0.15) is 15.2 Å². The van der Waals surface area contributed by atoms with E-state index in [9.17, 15) is 5.26 Å². The van der Waals surface area contributed by atoms with E-state index in [2.05, 4.69) is 32.0 Å². The summed E-state index contributed by atoms with van der Waals surface area (Å²) < 4.78 is 16.8. The van der Waals surface area contributed by atoms with Crippen molar-refractivity contribution in [3.63, 3.8) is 0 Å². The molecule has 0 spiro atoms. The number of anilines is 2. The lowest BCUT2D eigenvalue weighted by molar-refractivity contribution is 0.352. The van der Waals surface area contributed by atoms with Gasteiger partial charge in [-0.05, 0) is 33.6 Å². The number of ether oxygens (including phenoxy) is 3. The van der Waals surface area contributed by atoms with Gasteiger partial charge in [0.05, 0.1) is 30.2 Å². The Labute approximate surface area is 157 Å². The van der Waals surface area contributed by atoms with Gasteiger partial charge in [-0.25, -0.2) is 0 Å². The Morgan fingerprint density at radius 1 is 1.19 bits per heavy atom. The molecular weight excluding hydrogens is 404 g/mol. The predicted octanol–water partition coefficient (Wildman–Crippen LogP) is 1.64. The summed E-state index contributed by atoms with van der Waals surface area (Å²) in [6.45, 7) is 0. The minimum atomic E-state index is -0.652. The molecule has 0 bridgehead atoms. The summed E-state index contributed by atoms with van der Waals surface area (Å²) in [6.07, 6.45) is 0. The number of nitrogens with zero attached hydrogens (tertiary/aromatic N) is 3. The van der Waals surface area contributed by atoms with Crippen LogP contribution in [0.4, 0.5) is 11.8 Å². The van der Waals surface area contributed by atoms with Crippen molar-refractivity contribution in [2.75, 3.05) is 25.7 Å². The number of aromatic nitrogens is 2. The monoisotopic (exact) mass is 418 g/mol. The van der Waals surface area contributed by atoms with E-state index in [-0.39, 0.29) is 29.1 Å². The topological polar surface area (TPSA) is 155 Å². The number of hydrogen-bond donors (Lipinski definition) is 3. The summed E-state index contributed by atoms with van der Waals surface area (Å²) in [5.74, 6) is 0.415. The van der Waals surface area contributed by atoms with Crippen molar-refractivity contribution in [1.82, 2.24) is 9.97 Å². The average molecular weight is 419 g/mol. The number of allylic oxidation sites excluding steroid dienone is 1. The molecule has 26 heavy (non-hydrogen) atoms. The molecule has 3 rings (SSSR count). The first-order valence-corrected chi connectivity index (χ1v) is 8.12. The van der Waals surface area contributed by atoms with E-state index in [0.29, 0.717) is 27.1 Å². The number of nitriles is 1. The average Bonchev–Trinajstić information content (AvgIpc) is 2.59.